The van der Waals surface area contributed by atoms with Crippen molar-refractivity contribution < 1.29 is 13.2 Å². The summed E-state index contributed by atoms with van der Waals surface area (Å²) in [6.07, 6.45) is -4.60. The first-order valence-electron chi connectivity index (χ1n) is 6.93. The molecule has 3 rings (SSSR count). The van der Waals surface area contributed by atoms with Crippen LogP contribution in [0, 0.1) is 0 Å². The number of hydrogen-bond acceptors (Lipinski definition) is 5. The van der Waals surface area contributed by atoms with Gasteiger partial charge in [0.2, 0.25) is 5.82 Å². The number of alkyl halides is 3. The molecular weight excluding hydrogens is 327 g/mol. The lowest BCUT2D eigenvalue weighted by molar-refractivity contribution is -0.145. The highest BCUT2D eigenvalue weighted by atomic mass is 32.2. The lowest BCUT2D eigenvalue weighted by atomic mass is 10.2. The van der Waals surface area contributed by atoms with Gasteiger partial charge in [-0.15, -0.1) is 10.2 Å². The molecule has 23 heavy (non-hydrogen) atoms. The monoisotopic (exact) mass is 341 g/mol. The van der Waals surface area contributed by atoms with Gasteiger partial charge in [-0.2, -0.15) is 13.2 Å². The average molecular weight is 341 g/mol. The van der Waals surface area contributed by atoms with Crippen LogP contribution in [0.5, 0.6) is 0 Å². The summed E-state index contributed by atoms with van der Waals surface area (Å²) in [4.78, 5) is 4.45. The van der Waals surface area contributed by atoms with Crippen molar-refractivity contribution in [3.63, 3.8) is 0 Å². The van der Waals surface area contributed by atoms with E-state index in [2.05, 4.69) is 15.2 Å². The third kappa shape index (κ3) is 2.86. The van der Waals surface area contributed by atoms with Crippen LogP contribution in [-0.2, 0) is 12.7 Å². The van der Waals surface area contributed by atoms with E-state index in [0.717, 1.165) is 4.40 Å². The second-order valence-electron chi connectivity index (χ2n) is 5.29. The lowest BCUT2D eigenvalue weighted by Crippen LogP contribution is -2.12. The molecule has 0 aliphatic rings. The molecular formula is C14H14F3N5S. The van der Waals surface area contributed by atoms with Crippen molar-refractivity contribution in [2.75, 3.05) is 0 Å². The summed E-state index contributed by atoms with van der Waals surface area (Å²) in [5.74, 6) is -1.06. The molecule has 122 valence electrons. The summed E-state index contributed by atoms with van der Waals surface area (Å²) in [7, 11) is 0. The van der Waals surface area contributed by atoms with Crippen LogP contribution in [-0.4, -0.2) is 24.8 Å². The summed E-state index contributed by atoms with van der Waals surface area (Å²) in [6, 6.07) is 5.02. The molecule has 0 bridgehead atoms. The summed E-state index contributed by atoms with van der Waals surface area (Å²) in [5.41, 5.74) is 7.16. The van der Waals surface area contributed by atoms with Gasteiger partial charge < -0.3 is 5.73 Å². The fourth-order valence-electron chi connectivity index (χ4n) is 2.27. The van der Waals surface area contributed by atoms with Gasteiger partial charge in [0, 0.05) is 11.8 Å². The SMILES string of the molecule is CC(C)Sc1nc2ccc(CN)cc2n2c(C(F)(F)F)nnc12. The van der Waals surface area contributed by atoms with Crippen LogP contribution < -0.4 is 5.73 Å². The van der Waals surface area contributed by atoms with Gasteiger partial charge in [-0.1, -0.05) is 31.7 Å². The fourth-order valence-corrected chi connectivity index (χ4v) is 3.10. The molecule has 0 spiro atoms. The van der Waals surface area contributed by atoms with E-state index in [9.17, 15) is 13.2 Å². The van der Waals surface area contributed by atoms with Gasteiger partial charge in [0.05, 0.1) is 11.0 Å². The summed E-state index contributed by atoms with van der Waals surface area (Å²) in [5, 5.41) is 7.64. The molecule has 0 aliphatic heterocycles. The van der Waals surface area contributed by atoms with Gasteiger partial charge in [0.1, 0.15) is 5.03 Å². The Bertz CT molecular complexity index is 872. The number of nitrogens with two attached hydrogens (primary N) is 1. The Morgan fingerprint density at radius 1 is 1.26 bits per heavy atom. The highest BCUT2D eigenvalue weighted by molar-refractivity contribution is 8.00. The Morgan fingerprint density at radius 2 is 2.00 bits per heavy atom. The minimum atomic E-state index is -4.60. The van der Waals surface area contributed by atoms with E-state index in [1.165, 1.54) is 11.8 Å². The quantitative estimate of drug-likeness (QED) is 0.741. The van der Waals surface area contributed by atoms with Crippen molar-refractivity contribution in [1.29, 1.82) is 0 Å². The number of thioether (sulfide) groups is 1. The standard InChI is InChI=1S/C14H14F3N5S/c1-7(2)23-12-11-20-21-13(14(15,16)17)22(11)10-5-8(6-18)3-4-9(10)19-12/h3-5,7H,6,18H2,1-2H3. The van der Waals surface area contributed by atoms with Crippen molar-refractivity contribution in [1.82, 2.24) is 19.6 Å². The maximum atomic E-state index is 13.3. The van der Waals surface area contributed by atoms with Gasteiger partial charge in [0.15, 0.2) is 5.65 Å². The van der Waals surface area contributed by atoms with Crippen molar-refractivity contribution in [3.05, 3.63) is 29.6 Å². The third-order valence-corrected chi connectivity index (χ3v) is 4.16. The van der Waals surface area contributed by atoms with Crippen molar-refractivity contribution >= 4 is 28.4 Å². The number of halogens is 3. The van der Waals surface area contributed by atoms with E-state index in [0.29, 0.717) is 21.6 Å². The molecule has 9 heteroatoms. The predicted octanol–water partition coefficient (Wildman–Crippen LogP) is 3.26. The summed E-state index contributed by atoms with van der Waals surface area (Å²) < 4.78 is 40.9. The molecule has 2 N–H and O–H groups in total. The highest BCUT2D eigenvalue weighted by Crippen LogP contribution is 2.34. The van der Waals surface area contributed by atoms with Gasteiger partial charge in [0.25, 0.3) is 0 Å². The zero-order chi connectivity index (χ0) is 16.8. The van der Waals surface area contributed by atoms with Crippen LogP contribution in [0.25, 0.3) is 16.7 Å². The van der Waals surface area contributed by atoms with Crippen LogP contribution in [0.15, 0.2) is 23.2 Å². The largest absolute Gasteiger partial charge is 0.452 e. The minimum Gasteiger partial charge on any atom is -0.326 e. The molecule has 0 saturated heterocycles. The van der Waals surface area contributed by atoms with Crippen LogP contribution in [0.3, 0.4) is 0 Å². The molecule has 0 radical (unpaired) electrons. The summed E-state index contributed by atoms with van der Waals surface area (Å²) in [6.45, 7) is 4.10. The van der Waals surface area contributed by atoms with Crippen LogP contribution >= 0.6 is 11.8 Å². The maximum absolute atomic E-state index is 13.3. The minimum absolute atomic E-state index is 0.109. The second kappa shape index (κ2) is 5.64. The van der Waals surface area contributed by atoms with Crippen molar-refractivity contribution in [2.24, 2.45) is 5.73 Å². The lowest BCUT2D eigenvalue weighted by Gasteiger charge is -2.11. The Balaban J connectivity index is 2.42. The molecule has 3 aromatic rings. The number of hydrogen-bond donors (Lipinski definition) is 1. The Morgan fingerprint density at radius 3 is 2.61 bits per heavy atom. The number of rotatable bonds is 3. The smallest absolute Gasteiger partial charge is 0.326 e. The Hall–Kier alpha value is -1.87. The highest BCUT2D eigenvalue weighted by Gasteiger charge is 2.38. The van der Waals surface area contributed by atoms with Crippen molar-refractivity contribution in [3.8, 4) is 0 Å². The van der Waals surface area contributed by atoms with E-state index in [-0.39, 0.29) is 17.4 Å². The number of benzene rings is 1. The molecule has 1 aromatic carbocycles. The third-order valence-electron chi connectivity index (χ3n) is 3.19. The molecule has 5 nitrogen and oxygen atoms in total. The molecule has 0 aliphatic carbocycles. The number of nitrogens with zero attached hydrogens (tertiary/aromatic N) is 4. The van der Waals surface area contributed by atoms with E-state index in [1.807, 2.05) is 13.8 Å². The maximum Gasteiger partial charge on any atom is 0.452 e. The Labute approximate surface area is 134 Å². The Kier molecular flexibility index (Phi) is 3.93. The first-order valence-corrected chi connectivity index (χ1v) is 7.81. The van der Waals surface area contributed by atoms with Crippen LogP contribution in [0.2, 0.25) is 0 Å². The molecule has 0 atom stereocenters. The zero-order valence-corrected chi connectivity index (χ0v) is 13.2. The zero-order valence-electron chi connectivity index (χ0n) is 12.4. The average Bonchev–Trinajstić information content (AvgIpc) is 2.92. The van der Waals surface area contributed by atoms with E-state index in [4.69, 9.17) is 5.73 Å². The topological polar surface area (TPSA) is 69.1 Å². The fraction of sp³-hybridized carbons (Fsp3) is 0.357. The first-order chi connectivity index (χ1) is 10.8. The van der Waals surface area contributed by atoms with E-state index < -0.39 is 12.0 Å². The second-order valence-corrected chi connectivity index (χ2v) is 6.86. The molecule has 0 unspecified atom stereocenters. The molecule has 0 amide bonds. The predicted molar refractivity (Wildman–Crippen MR) is 82.2 cm³/mol. The number of aromatic nitrogens is 4. The van der Waals surface area contributed by atoms with Gasteiger partial charge in [-0.3, -0.25) is 4.40 Å². The van der Waals surface area contributed by atoms with Crippen LogP contribution in [0.1, 0.15) is 25.2 Å². The molecule has 2 heterocycles. The van der Waals surface area contributed by atoms with Crippen molar-refractivity contribution in [2.45, 2.75) is 36.8 Å². The van der Waals surface area contributed by atoms with Gasteiger partial charge >= 0.3 is 6.18 Å². The van der Waals surface area contributed by atoms with E-state index in [1.54, 1.807) is 18.2 Å². The van der Waals surface area contributed by atoms with Gasteiger partial charge in [-0.05, 0) is 17.7 Å². The van der Waals surface area contributed by atoms with E-state index >= 15 is 0 Å². The molecule has 0 fully saturated rings. The van der Waals surface area contributed by atoms with Gasteiger partial charge in [-0.25, -0.2) is 4.98 Å². The summed E-state index contributed by atoms with van der Waals surface area (Å²) >= 11 is 1.35. The molecule has 2 aromatic heterocycles. The number of fused-ring (bicyclic) bond motifs is 3. The van der Waals surface area contributed by atoms with Crippen LogP contribution in [0.4, 0.5) is 13.2 Å². The first kappa shape index (κ1) is 16.0. The molecule has 0 saturated carbocycles. The normalized spacial score (nSPS) is 12.7.